The molecule has 2 fully saturated rings. The van der Waals surface area contributed by atoms with E-state index in [1.807, 2.05) is 4.90 Å². The van der Waals surface area contributed by atoms with Crippen molar-refractivity contribution < 1.29 is 9.59 Å². The third-order valence-corrected chi connectivity index (χ3v) is 5.51. The number of nitrogens with two attached hydrogens (primary N) is 2. The number of anilines is 2. The number of carbonyl (C=O) groups excluding carboxylic acids is 2. The van der Waals surface area contributed by atoms with Gasteiger partial charge in [-0.1, -0.05) is 11.6 Å². The third kappa shape index (κ3) is 3.83. The summed E-state index contributed by atoms with van der Waals surface area (Å²) in [5.74, 6) is -0.566. The number of nitrogens with zero attached hydrogens (tertiary/aromatic N) is 5. The number of piperidine rings is 1. The smallest absolute Gasteiger partial charge is 0.302 e. The number of rotatable bonds is 2. The Morgan fingerprint density at radius 1 is 1.13 bits per heavy atom. The molecule has 4 rings (SSSR count). The molecule has 2 amide bonds. The second kappa shape index (κ2) is 7.75. The van der Waals surface area contributed by atoms with E-state index in [4.69, 9.17) is 23.1 Å². The van der Waals surface area contributed by atoms with Crippen LogP contribution in [0.5, 0.6) is 0 Å². The molecule has 0 unspecified atom stereocenters. The maximum Gasteiger partial charge on any atom is 0.302 e. The van der Waals surface area contributed by atoms with Gasteiger partial charge in [0, 0.05) is 37.6 Å². The van der Waals surface area contributed by atoms with Crippen LogP contribution in [0.2, 0.25) is 5.15 Å². The molecule has 30 heavy (non-hydrogen) atoms. The Hall–Kier alpha value is -3.47. The first-order valence-electron chi connectivity index (χ1n) is 9.30. The van der Waals surface area contributed by atoms with Crippen LogP contribution in [0.3, 0.4) is 0 Å². The summed E-state index contributed by atoms with van der Waals surface area (Å²) in [6.45, 7) is 1.76. The number of guanidine groups is 1. The number of hydrogen-bond acceptors (Lipinski definition) is 7. The Bertz CT molecular complexity index is 1020. The molecule has 0 aliphatic carbocycles. The Labute approximate surface area is 176 Å². The molecule has 0 radical (unpaired) electrons. The molecule has 2 aromatic rings. The van der Waals surface area contributed by atoms with Gasteiger partial charge in [0.2, 0.25) is 0 Å². The lowest BCUT2D eigenvalue weighted by atomic mass is 9.88. The summed E-state index contributed by atoms with van der Waals surface area (Å²) < 4.78 is 0. The van der Waals surface area contributed by atoms with E-state index in [0.717, 1.165) is 0 Å². The number of likely N-dealkylation sites (tertiary alicyclic amines) is 1. The number of nitrogens with one attached hydrogen (secondary N) is 2. The van der Waals surface area contributed by atoms with Crippen molar-refractivity contribution >= 4 is 41.0 Å². The Morgan fingerprint density at radius 2 is 1.83 bits per heavy atom. The van der Waals surface area contributed by atoms with Crippen LogP contribution in [0, 0.1) is 0 Å². The zero-order valence-corrected chi connectivity index (χ0v) is 16.7. The van der Waals surface area contributed by atoms with Gasteiger partial charge in [-0.3, -0.25) is 14.6 Å². The molecular weight excluding hydrogens is 410 g/mol. The van der Waals surface area contributed by atoms with Gasteiger partial charge in [0.1, 0.15) is 0 Å². The average molecular weight is 430 g/mol. The minimum absolute atomic E-state index is 0.0171. The minimum Gasteiger partial charge on any atom is -0.382 e. The molecule has 11 nitrogen and oxygen atoms in total. The highest BCUT2D eigenvalue weighted by atomic mass is 35.5. The Morgan fingerprint density at radius 3 is 2.53 bits per heavy atom. The fourth-order valence-corrected chi connectivity index (χ4v) is 3.66. The number of halogens is 1. The largest absolute Gasteiger partial charge is 0.382 e. The van der Waals surface area contributed by atoms with E-state index in [2.05, 4.69) is 30.6 Å². The van der Waals surface area contributed by atoms with E-state index >= 15 is 0 Å². The van der Waals surface area contributed by atoms with Crippen LogP contribution in [-0.4, -0.2) is 62.8 Å². The lowest BCUT2D eigenvalue weighted by Gasteiger charge is -2.38. The average Bonchev–Trinajstić information content (AvgIpc) is 3.13. The van der Waals surface area contributed by atoms with E-state index in [-0.39, 0.29) is 33.9 Å². The first kappa shape index (κ1) is 19.8. The quantitative estimate of drug-likeness (QED) is 0.516. The SMILES string of the molecule is Nc1nc(N)c(C(=O)/N=C2\NCC3(CCN(C(=O)c4ccncc4)CC3)N2)nc1Cl. The van der Waals surface area contributed by atoms with Crippen molar-refractivity contribution in [2.75, 3.05) is 31.1 Å². The van der Waals surface area contributed by atoms with E-state index in [0.29, 0.717) is 44.0 Å². The van der Waals surface area contributed by atoms with Crippen LogP contribution in [-0.2, 0) is 0 Å². The summed E-state index contributed by atoms with van der Waals surface area (Å²) in [5.41, 5.74) is 11.4. The maximum atomic E-state index is 12.6. The van der Waals surface area contributed by atoms with Crippen molar-refractivity contribution in [2.24, 2.45) is 4.99 Å². The molecule has 2 aliphatic heterocycles. The maximum absolute atomic E-state index is 12.6. The van der Waals surface area contributed by atoms with Crippen molar-refractivity contribution in [3.63, 3.8) is 0 Å². The molecule has 0 bridgehead atoms. The van der Waals surface area contributed by atoms with Gasteiger partial charge in [-0.15, -0.1) is 0 Å². The number of amides is 2. The van der Waals surface area contributed by atoms with Gasteiger partial charge in [0.15, 0.2) is 28.4 Å². The predicted octanol–water partition coefficient (Wildman–Crippen LogP) is 0.0534. The first-order valence-corrected chi connectivity index (χ1v) is 9.67. The van der Waals surface area contributed by atoms with Crippen molar-refractivity contribution in [1.82, 2.24) is 30.5 Å². The minimum atomic E-state index is -0.681. The van der Waals surface area contributed by atoms with Crippen LogP contribution in [0.25, 0.3) is 0 Å². The van der Waals surface area contributed by atoms with Gasteiger partial charge in [0.25, 0.3) is 5.91 Å². The summed E-state index contributed by atoms with van der Waals surface area (Å²) in [5, 5.41) is 6.27. The van der Waals surface area contributed by atoms with Crippen molar-refractivity contribution in [3.8, 4) is 0 Å². The number of carbonyl (C=O) groups is 2. The lowest BCUT2D eigenvalue weighted by Crippen LogP contribution is -2.53. The monoisotopic (exact) mass is 429 g/mol. The van der Waals surface area contributed by atoms with Gasteiger partial charge >= 0.3 is 5.91 Å². The van der Waals surface area contributed by atoms with E-state index in [1.54, 1.807) is 24.5 Å². The summed E-state index contributed by atoms with van der Waals surface area (Å²) >= 11 is 5.82. The number of aliphatic imine (C=N–C) groups is 1. The standard InChI is InChI=1S/C18H20ClN9O2/c19-12-14(21)25-13(20)11(24-12)15(29)26-17-23-9-18(27-17)3-7-28(8-4-18)16(30)10-1-5-22-6-2-10/h1-2,5-6H,3-4,7-9H2,(H4,20,21,25)(H2,23,26,27,29). The summed E-state index contributed by atoms with van der Waals surface area (Å²) in [6, 6.07) is 3.41. The molecule has 2 aromatic heterocycles. The molecule has 12 heteroatoms. The normalized spacial score (nSPS) is 18.8. The fraction of sp³-hybridized carbons (Fsp3) is 0.333. The molecular formula is C18H20ClN9O2. The topological polar surface area (TPSA) is 165 Å². The van der Waals surface area contributed by atoms with E-state index in [9.17, 15) is 9.59 Å². The second-order valence-electron chi connectivity index (χ2n) is 7.19. The molecule has 0 atom stereocenters. The summed E-state index contributed by atoms with van der Waals surface area (Å²) in [7, 11) is 0. The summed E-state index contributed by atoms with van der Waals surface area (Å²) in [6.07, 6.45) is 4.62. The Balaban J connectivity index is 1.40. The summed E-state index contributed by atoms with van der Waals surface area (Å²) in [4.78, 5) is 42.5. The van der Waals surface area contributed by atoms with E-state index in [1.165, 1.54) is 0 Å². The second-order valence-corrected chi connectivity index (χ2v) is 7.54. The molecule has 156 valence electrons. The fourth-order valence-electron chi connectivity index (χ4n) is 3.53. The number of hydrogen-bond donors (Lipinski definition) is 4. The molecule has 4 heterocycles. The predicted molar refractivity (Wildman–Crippen MR) is 111 cm³/mol. The highest BCUT2D eigenvalue weighted by Gasteiger charge is 2.40. The van der Waals surface area contributed by atoms with Crippen LogP contribution < -0.4 is 22.1 Å². The van der Waals surface area contributed by atoms with Crippen LogP contribution in [0.1, 0.15) is 33.7 Å². The van der Waals surface area contributed by atoms with Crippen molar-refractivity contribution in [3.05, 3.63) is 40.9 Å². The van der Waals surface area contributed by atoms with Gasteiger partial charge in [-0.05, 0) is 25.0 Å². The van der Waals surface area contributed by atoms with Crippen LogP contribution >= 0.6 is 11.6 Å². The van der Waals surface area contributed by atoms with Crippen molar-refractivity contribution in [2.45, 2.75) is 18.4 Å². The molecule has 0 aromatic carbocycles. The number of nitrogen functional groups attached to an aromatic ring is 2. The molecule has 2 saturated heterocycles. The van der Waals surface area contributed by atoms with Gasteiger partial charge in [0.05, 0.1) is 5.54 Å². The van der Waals surface area contributed by atoms with Gasteiger partial charge in [-0.2, -0.15) is 4.99 Å². The number of pyridine rings is 1. The Kier molecular flexibility index (Phi) is 5.12. The highest BCUT2D eigenvalue weighted by Crippen LogP contribution is 2.25. The molecule has 6 N–H and O–H groups in total. The zero-order chi connectivity index (χ0) is 21.3. The molecule has 0 saturated carbocycles. The van der Waals surface area contributed by atoms with Gasteiger partial charge < -0.3 is 27.0 Å². The zero-order valence-electron chi connectivity index (χ0n) is 15.9. The third-order valence-electron chi connectivity index (χ3n) is 5.23. The lowest BCUT2D eigenvalue weighted by molar-refractivity contribution is 0.0669. The van der Waals surface area contributed by atoms with Crippen LogP contribution in [0.4, 0.5) is 11.6 Å². The van der Waals surface area contributed by atoms with Crippen molar-refractivity contribution in [1.29, 1.82) is 0 Å². The van der Waals surface area contributed by atoms with E-state index < -0.39 is 5.91 Å². The molecule has 1 spiro atoms. The number of aromatic nitrogens is 3. The van der Waals surface area contributed by atoms with Gasteiger partial charge in [-0.25, -0.2) is 9.97 Å². The highest BCUT2D eigenvalue weighted by molar-refractivity contribution is 6.31. The van der Waals surface area contributed by atoms with Crippen LogP contribution in [0.15, 0.2) is 29.5 Å². The first-order chi connectivity index (χ1) is 14.4. The molecule has 2 aliphatic rings.